The Morgan fingerprint density at radius 2 is 0.714 bits per heavy atom. The Kier molecular flexibility index (Phi) is 7.47. The van der Waals surface area contributed by atoms with Crippen molar-refractivity contribution in [2.24, 2.45) is 0 Å². The minimum absolute atomic E-state index is 0.0804. The van der Waals surface area contributed by atoms with Crippen molar-refractivity contribution in [3.63, 3.8) is 0 Å². The van der Waals surface area contributed by atoms with E-state index in [1.807, 2.05) is 0 Å². The monoisotopic (exact) mass is 487 g/mol. The third kappa shape index (κ3) is 6.23. The van der Waals surface area contributed by atoms with E-state index in [9.17, 15) is 0 Å². The van der Waals surface area contributed by atoms with Crippen LogP contribution in [0.1, 0.15) is 105 Å². The lowest BCUT2D eigenvalue weighted by atomic mass is 9.75. The van der Waals surface area contributed by atoms with Crippen molar-refractivity contribution < 1.29 is 0 Å². The smallest absolute Gasteiger partial charge is 0.0619 e. The zero-order chi connectivity index (χ0) is 26.4. The number of benzene rings is 3. The van der Waals surface area contributed by atoms with E-state index in [4.69, 9.17) is 0 Å². The maximum Gasteiger partial charge on any atom is 0.166 e. The van der Waals surface area contributed by atoms with Crippen LogP contribution in [0.4, 0.5) is 0 Å². The van der Waals surface area contributed by atoms with E-state index in [-0.39, 0.29) is 32.6 Å². The molecule has 0 atom stereocenters. The van der Waals surface area contributed by atoms with Crippen molar-refractivity contribution in [3.8, 4) is 0 Å². The van der Waals surface area contributed by atoms with Gasteiger partial charge in [0.1, 0.15) is 0 Å². The van der Waals surface area contributed by atoms with Gasteiger partial charge in [0.05, 0.1) is 10.9 Å². The second-order valence-electron chi connectivity index (χ2n) is 14.0. The summed E-state index contributed by atoms with van der Waals surface area (Å²) in [5, 5.41) is 0. The fourth-order valence-corrected chi connectivity index (χ4v) is 6.94. The maximum absolute atomic E-state index is 2.51. The van der Waals surface area contributed by atoms with Crippen LogP contribution in [-0.2, 0) is 32.6 Å². The van der Waals surface area contributed by atoms with Gasteiger partial charge in [-0.05, 0) is 80.3 Å². The number of hydrogen-bond acceptors (Lipinski definition) is 0. The van der Waals surface area contributed by atoms with Crippen molar-refractivity contribution in [2.75, 3.05) is 0 Å². The molecular weight excluding hydrogens is 440 g/mol. The molecule has 3 aromatic rings. The lowest BCUT2D eigenvalue weighted by Gasteiger charge is -2.31. The van der Waals surface area contributed by atoms with Crippen LogP contribution in [0.3, 0.4) is 0 Å². The first kappa shape index (κ1) is 27.6. The van der Waals surface area contributed by atoms with Gasteiger partial charge in [0, 0.05) is 0 Å². The minimum Gasteiger partial charge on any atom is -0.0619 e. The van der Waals surface area contributed by atoms with Gasteiger partial charge in [-0.3, -0.25) is 0 Å². The molecule has 1 heteroatoms. The van der Waals surface area contributed by atoms with E-state index in [0.29, 0.717) is 0 Å². The van der Waals surface area contributed by atoms with Crippen molar-refractivity contribution in [1.82, 2.24) is 0 Å². The predicted octanol–water partition coefficient (Wildman–Crippen LogP) is 9.97. The van der Waals surface area contributed by atoms with Crippen LogP contribution in [0.2, 0.25) is 0 Å². The molecule has 3 aromatic carbocycles. The number of rotatable bonds is 3. The zero-order valence-corrected chi connectivity index (χ0v) is 25.1. The summed E-state index contributed by atoms with van der Waals surface area (Å²) in [6.07, 6.45) is 0. The maximum atomic E-state index is 2.51. The third-order valence-corrected chi connectivity index (χ3v) is 8.86. The second-order valence-corrected chi connectivity index (χ2v) is 16.1. The lowest BCUT2D eigenvalue weighted by molar-refractivity contribution is 0.528. The normalized spacial score (nSPS) is 13.4. The van der Waals surface area contributed by atoms with Crippen molar-refractivity contribution in [2.45, 2.75) is 119 Å². The van der Waals surface area contributed by atoms with Gasteiger partial charge < -0.3 is 0 Å². The van der Waals surface area contributed by atoms with Gasteiger partial charge in [-0.1, -0.05) is 113 Å². The summed E-state index contributed by atoms with van der Waals surface area (Å²) < 4.78 is 0. The van der Waals surface area contributed by atoms with Gasteiger partial charge in [-0.2, -0.15) is 0 Å². The Labute approximate surface area is 218 Å². The summed E-state index contributed by atoms with van der Waals surface area (Å²) in [6.45, 7) is 28.0. The highest BCUT2D eigenvalue weighted by Crippen LogP contribution is 2.41. The molecule has 0 aliphatic rings. The fraction of sp³-hybridized carbons (Fsp3) is 0.471. The first-order valence-electron chi connectivity index (χ1n) is 13.0. The molecule has 0 saturated heterocycles. The molecule has 0 aliphatic carbocycles. The standard InChI is InChI=1S/C34H47S/c1-31(2,3)27-20-18-25(22-29(27)33(7,8)9)35(24-16-14-13-15-17-24)26-19-21-28(32(4,5)6)30(23-26)34(10,11)12/h13-23H,1-12H3/q+1. The average molecular weight is 488 g/mol. The molecule has 0 unspecified atom stereocenters. The van der Waals surface area contributed by atoms with Gasteiger partial charge >= 0.3 is 0 Å². The quantitative estimate of drug-likeness (QED) is 0.322. The highest BCUT2D eigenvalue weighted by Gasteiger charge is 2.35. The van der Waals surface area contributed by atoms with Crippen LogP contribution in [-0.4, -0.2) is 0 Å². The van der Waals surface area contributed by atoms with Crippen LogP contribution in [0.15, 0.2) is 81.4 Å². The largest absolute Gasteiger partial charge is 0.166 e. The highest BCUT2D eigenvalue weighted by atomic mass is 32.2. The van der Waals surface area contributed by atoms with Crippen LogP contribution < -0.4 is 0 Å². The van der Waals surface area contributed by atoms with Gasteiger partial charge in [-0.15, -0.1) is 0 Å². The van der Waals surface area contributed by atoms with E-state index in [0.717, 1.165) is 0 Å². The van der Waals surface area contributed by atoms with E-state index >= 15 is 0 Å². The summed E-state index contributed by atoms with van der Waals surface area (Å²) in [5.41, 5.74) is 6.19. The van der Waals surface area contributed by atoms with Crippen molar-refractivity contribution >= 4 is 10.9 Å². The van der Waals surface area contributed by atoms with Crippen molar-refractivity contribution in [3.05, 3.63) is 89.0 Å². The average Bonchev–Trinajstić information content (AvgIpc) is 2.72. The van der Waals surface area contributed by atoms with Gasteiger partial charge in [0.15, 0.2) is 14.7 Å². The van der Waals surface area contributed by atoms with Crippen LogP contribution in [0.5, 0.6) is 0 Å². The third-order valence-electron chi connectivity index (χ3n) is 6.66. The van der Waals surface area contributed by atoms with E-state index in [2.05, 4.69) is 150 Å². The summed E-state index contributed by atoms with van der Waals surface area (Å²) in [4.78, 5) is 4.18. The van der Waals surface area contributed by atoms with Crippen LogP contribution in [0, 0.1) is 0 Å². The van der Waals surface area contributed by atoms with Gasteiger partial charge in [-0.25, -0.2) is 0 Å². The molecular formula is C34H47S+. The first-order valence-corrected chi connectivity index (χ1v) is 14.2. The Balaban J connectivity index is 2.32. The van der Waals surface area contributed by atoms with E-state index < -0.39 is 0 Å². The molecule has 0 saturated carbocycles. The second kappa shape index (κ2) is 9.47. The van der Waals surface area contributed by atoms with Crippen LogP contribution >= 0.6 is 0 Å². The van der Waals surface area contributed by atoms with E-state index in [1.165, 1.54) is 36.9 Å². The molecule has 0 radical (unpaired) electrons. The lowest BCUT2D eigenvalue weighted by Crippen LogP contribution is -2.23. The summed E-state index contributed by atoms with van der Waals surface area (Å²) in [7, 11) is -0.175. The van der Waals surface area contributed by atoms with Gasteiger partial charge in [0.25, 0.3) is 0 Å². The fourth-order valence-electron chi connectivity index (χ4n) is 4.81. The zero-order valence-electron chi connectivity index (χ0n) is 24.3. The molecule has 0 N–H and O–H groups in total. The molecule has 0 spiro atoms. The minimum atomic E-state index is -0.175. The SMILES string of the molecule is CC(C)(C)c1ccc([S+](c2ccccc2)c2ccc(C(C)(C)C)c(C(C)(C)C)c2)cc1C(C)(C)C. The molecule has 35 heavy (non-hydrogen) atoms. The van der Waals surface area contributed by atoms with Crippen molar-refractivity contribution in [1.29, 1.82) is 0 Å². The molecule has 0 fully saturated rings. The topological polar surface area (TPSA) is 0 Å². The molecule has 3 rings (SSSR count). The highest BCUT2D eigenvalue weighted by molar-refractivity contribution is 7.97. The molecule has 0 aliphatic heterocycles. The first-order chi connectivity index (χ1) is 15.9. The summed E-state index contributed by atoms with van der Waals surface area (Å²) in [6, 6.07) is 25.7. The molecule has 0 heterocycles. The Morgan fingerprint density at radius 1 is 0.371 bits per heavy atom. The Bertz CT molecular complexity index is 1080. The molecule has 0 nitrogen and oxygen atoms in total. The van der Waals surface area contributed by atoms with Crippen LogP contribution in [0.25, 0.3) is 0 Å². The molecule has 188 valence electrons. The van der Waals surface area contributed by atoms with E-state index in [1.54, 1.807) is 0 Å². The Morgan fingerprint density at radius 3 is 1.03 bits per heavy atom. The molecule has 0 aromatic heterocycles. The summed E-state index contributed by atoms with van der Waals surface area (Å²) in [5.74, 6) is 0. The van der Waals surface area contributed by atoms with Gasteiger partial charge in [0.2, 0.25) is 0 Å². The predicted molar refractivity (Wildman–Crippen MR) is 156 cm³/mol. The summed E-state index contributed by atoms with van der Waals surface area (Å²) >= 11 is 0. The molecule has 0 amide bonds. The Hall–Kier alpha value is -1.99. The number of hydrogen-bond donors (Lipinski definition) is 0. The molecule has 0 bridgehead atoms.